The summed E-state index contributed by atoms with van der Waals surface area (Å²) in [6.45, 7) is 4.61. The van der Waals surface area contributed by atoms with Crippen LogP contribution in [0.3, 0.4) is 0 Å². The van der Waals surface area contributed by atoms with Crippen molar-refractivity contribution in [2.75, 3.05) is 33.2 Å². The topological polar surface area (TPSA) is 32.5 Å². The lowest BCUT2D eigenvalue weighted by Gasteiger charge is -2.27. The molecule has 0 aromatic rings. The molecule has 2 aliphatic rings. The molecule has 2 saturated heterocycles. The highest BCUT2D eigenvalue weighted by molar-refractivity contribution is 4.90. The van der Waals surface area contributed by atoms with Crippen LogP contribution in [0.2, 0.25) is 0 Å². The lowest BCUT2D eigenvalue weighted by atomic mass is 10.1. The highest BCUT2D eigenvalue weighted by Crippen LogP contribution is 2.29. The summed E-state index contributed by atoms with van der Waals surface area (Å²) in [5.74, 6) is 0. The van der Waals surface area contributed by atoms with Gasteiger partial charge in [-0.3, -0.25) is 4.90 Å². The third-order valence-corrected chi connectivity index (χ3v) is 3.86. The molecule has 82 valence electrons. The summed E-state index contributed by atoms with van der Waals surface area (Å²) >= 11 is 0. The van der Waals surface area contributed by atoms with E-state index >= 15 is 0 Å². The van der Waals surface area contributed by atoms with Crippen molar-refractivity contribution in [1.29, 1.82) is 0 Å². The second kappa shape index (κ2) is 4.60. The summed E-state index contributed by atoms with van der Waals surface area (Å²) in [6, 6.07) is 1.65. The smallest absolute Gasteiger partial charge is 0.0115 e. The molecule has 0 aromatic heterocycles. The molecule has 2 heterocycles. The lowest BCUT2D eigenvalue weighted by Crippen LogP contribution is -2.38. The molecule has 0 bridgehead atoms. The van der Waals surface area contributed by atoms with Crippen LogP contribution < -0.4 is 5.73 Å². The van der Waals surface area contributed by atoms with Crippen LogP contribution in [0.25, 0.3) is 0 Å². The Balaban J connectivity index is 1.94. The Hall–Kier alpha value is -0.120. The van der Waals surface area contributed by atoms with Gasteiger partial charge in [-0.1, -0.05) is 0 Å². The van der Waals surface area contributed by atoms with E-state index in [0.717, 1.165) is 18.6 Å². The number of nitrogens with zero attached hydrogens (tertiary/aromatic N) is 2. The molecular weight excluding hydrogens is 174 g/mol. The first kappa shape index (κ1) is 10.4. The standard InChI is InChI=1S/C11H23N3/c1-13-7-5-11-3-2-10(4-6-12)14(11)9-8-13/h10-11H,2-9,12H2,1H3. The zero-order valence-corrected chi connectivity index (χ0v) is 9.28. The fourth-order valence-electron chi connectivity index (χ4n) is 2.96. The van der Waals surface area contributed by atoms with Crippen LogP contribution >= 0.6 is 0 Å². The van der Waals surface area contributed by atoms with Crippen molar-refractivity contribution < 1.29 is 0 Å². The highest BCUT2D eigenvalue weighted by Gasteiger charge is 2.33. The molecule has 2 N–H and O–H groups in total. The van der Waals surface area contributed by atoms with Gasteiger partial charge in [-0.2, -0.15) is 0 Å². The predicted molar refractivity (Wildman–Crippen MR) is 59.3 cm³/mol. The maximum Gasteiger partial charge on any atom is 0.0115 e. The molecular formula is C11H23N3. The Morgan fingerprint density at radius 1 is 1.14 bits per heavy atom. The third kappa shape index (κ3) is 2.10. The summed E-state index contributed by atoms with van der Waals surface area (Å²) in [5, 5.41) is 0. The number of nitrogens with two attached hydrogens (primary N) is 1. The van der Waals surface area contributed by atoms with Crippen LogP contribution in [0.15, 0.2) is 0 Å². The minimum absolute atomic E-state index is 0.788. The van der Waals surface area contributed by atoms with Gasteiger partial charge in [0.15, 0.2) is 0 Å². The first-order chi connectivity index (χ1) is 6.81. The fraction of sp³-hybridized carbons (Fsp3) is 1.00. The van der Waals surface area contributed by atoms with Crippen molar-refractivity contribution in [3.8, 4) is 0 Å². The summed E-state index contributed by atoms with van der Waals surface area (Å²) in [7, 11) is 2.24. The number of hydrogen-bond donors (Lipinski definition) is 1. The zero-order valence-electron chi connectivity index (χ0n) is 9.28. The Morgan fingerprint density at radius 2 is 2.00 bits per heavy atom. The molecule has 2 unspecified atom stereocenters. The second-order valence-corrected chi connectivity index (χ2v) is 4.79. The molecule has 2 aliphatic heterocycles. The average Bonchev–Trinajstić information content (AvgIpc) is 2.45. The molecule has 2 rings (SSSR count). The highest BCUT2D eigenvalue weighted by atomic mass is 15.3. The van der Waals surface area contributed by atoms with E-state index in [1.165, 1.54) is 45.3 Å². The lowest BCUT2D eigenvalue weighted by molar-refractivity contribution is 0.193. The monoisotopic (exact) mass is 197 g/mol. The third-order valence-electron chi connectivity index (χ3n) is 3.86. The van der Waals surface area contributed by atoms with Crippen LogP contribution in [0.5, 0.6) is 0 Å². The molecule has 2 fully saturated rings. The van der Waals surface area contributed by atoms with Gasteiger partial charge in [-0.15, -0.1) is 0 Å². The van der Waals surface area contributed by atoms with E-state index in [-0.39, 0.29) is 0 Å². The van der Waals surface area contributed by atoms with Crippen molar-refractivity contribution in [3.05, 3.63) is 0 Å². The first-order valence-corrected chi connectivity index (χ1v) is 5.95. The first-order valence-electron chi connectivity index (χ1n) is 5.95. The summed E-state index contributed by atoms with van der Waals surface area (Å²) < 4.78 is 0. The van der Waals surface area contributed by atoms with E-state index in [1.807, 2.05) is 0 Å². The SMILES string of the molecule is CN1CCC2CCC(CCN)N2CC1. The molecule has 3 heteroatoms. The summed E-state index contributed by atoms with van der Waals surface area (Å²) in [5.41, 5.74) is 5.66. The van der Waals surface area contributed by atoms with Gasteiger partial charge in [0.25, 0.3) is 0 Å². The van der Waals surface area contributed by atoms with Crippen LogP contribution in [0.1, 0.15) is 25.7 Å². The van der Waals surface area contributed by atoms with Crippen molar-refractivity contribution in [2.24, 2.45) is 5.73 Å². The molecule has 0 aromatic carbocycles. The molecule has 0 saturated carbocycles. The minimum atomic E-state index is 0.788. The number of likely N-dealkylation sites (N-methyl/N-ethyl adjacent to an activating group) is 1. The number of rotatable bonds is 2. The second-order valence-electron chi connectivity index (χ2n) is 4.79. The fourth-order valence-corrected chi connectivity index (χ4v) is 2.96. The Labute approximate surface area is 87.2 Å². The van der Waals surface area contributed by atoms with Gasteiger partial charge >= 0.3 is 0 Å². The molecule has 3 nitrogen and oxygen atoms in total. The number of fused-ring (bicyclic) bond motifs is 1. The van der Waals surface area contributed by atoms with Gasteiger partial charge in [-0.25, -0.2) is 0 Å². The van der Waals surface area contributed by atoms with E-state index in [4.69, 9.17) is 5.73 Å². The Morgan fingerprint density at radius 3 is 2.79 bits per heavy atom. The molecule has 0 aliphatic carbocycles. The molecule has 14 heavy (non-hydrogen) atoms. The predicted octanol–water partition coefficient (Wildman–Crippen LogP) is 0.504. The summed E-state index contributed by atoms with van der Waals surface area (Å²) in [4.78, 5) is 5.17. The molecule has 0 radical (unpaired) electrons. The van der Waals surface area contributed by atoms with Gasteiger partial charge in [0.2, 0.25) is 0 Å². The van der Waals surface area contributed by atoms with E-state index in [1.54, 1.807) is 0 Å². The molecule has 0 amide bonds. The van der Waals surface area contributed by atoms with Crippen molar-refractivity contribution in [2.45, 2.75) is 37.8 Å². The molecule has 2 atom stereocenters. The zero-order chi connectivity index (χ0) is 9.97. The maximum absolute atomic E-state index is 5.66. The van der Waals surface area contributed by atoms with E-state index in [0.29, 0.717) is 0 Å². The van der Waals surface area contributed by atoms with Crippen LogP contribution in [-0.2, 0) is 0 Å². The van der Waals surface area contributed by atoms with E-state index in [9.17, 15) is 0 Å². The molecule has 0 spiro atoms. The number of hydrogen-bond acceptors (Lipinski definition) is 3. The van der Waals surface area contributed by atoms with Crippen LogP contribution in [0.4, 0.5) is 0 Å². The minimum Gasteiger partial charge on any atom is -0.330 e. The van der Waals surface area contributed by atoms with Crippen LogP contribution in [-0.4, -0.2) is 55.1 Å². The van der Waals surface area contributed by atoms with Crippen molar-refractivity contribution in [3.63, 3.8) is 0 Å². The van der Waals surface area contributed by atoms with Gasteiger partial charge in [0, 0.05) is 25.2 Å². The van der Waals surface area contributed by atoms with Gasteiger partial charge < -0.3 is 10.6 Å². The van der Waals surface area contributed by atoms with Gasteiger partial charge in [0.05, 0.1) is 0 Å². The average molecular weight is 197 g/mol. The van der Waals surface area contributed by atoms with Gasteiger partial charge in [-0.05, 0) is 45.8 Å². The Kier molecular flexibility index (Phi) is 3.42. The van der Waals surface area contributed by atoms with Crippen LogP contribution in [0, 0.1) is 0 Å². The van der Waals surface area contributed by atoms with E-state index in [2.05, 4.69) is 16.8 Å². The van der Waals surface area contributed by atoms with E-state index < -0.39 is 0 Å². The Bertz CT molecular complexity index is 181. The normalized spacial score (nSPS) is 35.6. The van der Waals surface area contributed by atoms with Gasteiger partial charge in [0.1, 0.15) is 0 Å². The maximum atomic E-state index is 5.66. The largest absolute Gasteiger partial charge is 0.330 e. The van der Waals surface area contributed by atoms with Crippen molar-refractivity contribution in [1.82, 2.24) is 9.80 Å². The quantitative estimate of drug-likeness (QED) is 0.700. The summed E-state index contributed by atoms with van der Waals surface area (Å²) in [6.07, 6.45) is 5.34. The van der Waals surface area contributed by atoms with Crippen molar-refractivity contribution >= 4 is 0 Å².